The van der Waals surface area contributed by atoms with Crippen molar-refractivity contribution >= 4 is 22.6 Å². The van der Waals surface area contributed by atoms with Crippen LogP contribution in [0.1, 0.15) is 28.3 Å². The van der Waals surface area contributed by atoms with E-state index >= 15 is 0 Å². The van der Waals surface area contributed by atoms with Gasteiger partial charge in [-0.05, 0) is 53.3 Å². The van der Waals surface area contributed by atoms with Crippen LogP contribution in [-0.2, 0) is 6.42 Å². The zero-order valence-electron chi connectivity index (χ0n) is 11.7. The number of halogens is 1. The van der Waals surface area contributed by atoms with Gasteiger partial charge in [0, 0.05) is 15.6 Å². The second-order valence-electron chi connectivity index (χ2n) is 5.13. The number of benzene rings is 2. The highest BCUT2D eigenvalue weighted by Gasteiger charge is 2.23. The Labute approximate surface area is 133 Å². The van der Waals surface area contributed by atoms with Gasteiger partial charge >= 0.3 is 0 Å². The molecule has 0 radical (unpaired) electrons. The number of ether oxygens (including phenoxy) is 1. The number of fused-ring (bicyclic) bond motifs is 1. The first-order valence-electron chi connectivity index (χ1n) is 6.89. The Hall–Kier alpha value is -1.07. The Balaban J connectivity index is 2.11. The normalized spacial score (nSPS) is 14.8. The highest BCUT2D eigenvalue weighted by molar-refractivity contribution is 14.1. The molecule has 2 aromatic carbocycles. The van der Waals surface area contributed by atoms with Crippen molar-refractivity contribution in [1.29, 1.82) is 0 Å². The van der Waals surface area contributed by atoms with Crippen molar-refractivity contribution in [3.05, 3.63) is 62.2 Å². The van der Waals surface area contributed by atoms with E-state index in [0.29, 0.717) is 0 Å². The summed E-state index contributed by atoms with van der Waals surface area (Å²) in [6, 6.07) is 13.1. The molecule has 1 N–H and O–H groups in total. The third kappa shape index (κ3) is 2.33. The van der Waals surface area contributed by atoms with Crippen LogP contribution in [0.25, 0.3) is 0 Å². The topological polar surface area (TPSA) is 21.3 Å². The van der Waals surface area contributed by atoms with Crippen molar-refractivity contribution in [3.63, 3.8) is 0 Å². The molecule has 0 bridgehead atoms. The van der Waals surface area contributed by atoms with Gasteiger partial charge in [0.05, 0.1) is 12.6 Å². The Morgan fingerprint density at radius 3 is 2.70 bits per heavy atom. The number of hydrogen-bond acceptors (Lipinski definition) is 2. The minimum absolute atomic E-state index is 0.176. The third-order valence-corrected chi connectivity index (χ3v) is 5.35. The van der Waals surface area contributed by atoms with Gasteiger partial charge in [0.25, 0.3) is 0 Å². The predicted molar refractivity (Wildman–Crippen MR) is 90.4 cm³/mol. The smallest absolute Gasteiger partial charge is 0.127 e. The highest BCUT2D eigenvalue weighted by atomic mass is 127. The maximum atomic E-state index is 5.86. The van der Waals surface area contributed by atoms with Crippen LogP contribution in [0.4, 0.5) is 0 Å². The minimum atomic E-state index is 0.176. The lowest BCUT2D eigenvalue weighted by Crippen LogP contribution is -2.19. The summed E-state index contributed by atoms with van der Waals surface area (Å²) >= 11 is 2.44. The fourth-order valence-corrected chi connectivity index (χ4v) is 3.51. The van der Waals surface area contributed by atoms with Gasteiger partial charge < -0.3 is 10.1 Å². The van der Waals surface area contributed by atoms with Crippen molar-refractivity contribution in [2.24, 2.45) is 0 Å². The van der Waals surface area contributed by atoms with Gasteiger partial charge in [-0.2, -0.15) is 0 Å². The summed E-state index contributed by atoms with van der Waals surface area (Å²) in [6.07, 6.45) is 1.02. The van der Waals surface area contributed by atoms with Crippen LogP contribution in [0.3, 0.4) is 0 Å². The van der Waals surface area contributed by atoms with E-state index in [0.717, 1.165) is 18.8 Å². The van der Waals surface area contributed by atoms with E-state index in [1.54, 1.807) is 0 Å². The summed E-state index contributed by atoms with van der Waals surface area (Å²) in [5.41, 5.74) is 5.20. The summed E-state index contributed by atoms with van der Waals surface area (Å²) in [5.74, 6) is 1.07. The predicted octanol–water partition coefficient (Wildman–Crippen LogP) is 3.84. The van der Waals surface area contributed by atoms with Crippen LogP contribution < -0.4 is 10.1 Å². The first kappa shape index (κ1) is 13.9. The molecule has 1 unspecified atom stereocenters. The third-order valence-electron chi connectivity index (χ3n) is 3.88. The summed E-state index contributed by atoms with van der Waals surface area (Å²) in [5, 5.41) is 3.45. The molecule has 104 valence electrons. The molecule has 0 amide bonds. The monoisotopic (exact) mass is 379 g/mol. The fourth-order valence-electron chi connectivity index (χ4n) is 2.84. The van der Waals surface area contributed by atoms with Gasteiger partial charge in [0.15, 0.2) is 0 Å². The zero-order valence-corrected chi connectivity index (χ0v) is 13.9. The average molecular weight is 379 g/mol. The van der Waals surface area contributed by atoms with Crippen molar-refractivity contribution in [2.75, 3.05) is 13.7 Å². The molecule has 3 heteroatoms. The largest absolute Gasteiger partial charge is 0.493 e. The highest BCUT2D eigenvalue weighted by Crippen LogP contribution is 2.37. The molecule has 2 nitrogen and oxygen atoms in total. The maximum Gasteiger partial charge on any atom is 0.127 e. The lowest BCUT2D eigenvalue weighted by molar-refractivity contribution is 0.351. The van der Waals surface area contributed by atoms with Crippen LogP contribution in [0, 0.1) is 10.5 Å². The van der Waals surface area contributed by atoms with Gasteiger partial charge in [0.2, 0.25) is 0 Å². The molecular weight excluding hydrogens is 361 g/mol. The van der Waals surface area contributed by atoms with Crippen LogP contribution in [0.2, 0.25) is 0 Å². The molecule has 2 aromatic rings. The van der Waals surface area contributed by atoms with E-state index in [9.17, 15) is 0 Å². The summed E-state index contributed by atoms with van der Waals surface area (Å²) in [6.45, 7) is 2.96. The summed E-state index contributed by atoms with van der Waals surface area (Å²) in [4.78, 5) is 0. The van der Waals surface area contributed by atoms with E-state index in [-0.39, 0.29) is 6.04 Å². The van der Waals surface area contributed by atoms with Crippen LogP contribution in [-0.4, -0.2) is 13.7 Å². The molecule has 0 aliphatic carbocycles. The Morgan fingerprint density at radius 2 is 1.90 bits per heavy atom. The molecule has 0 saturated carbocycles. The standard InChI is InChI=1S/C17H18INO/c1-11-5-3-7-13(15(11)18)16(19-2)14-8-4-6-12-9-10-20-17(12)14/h3-8,16,19H,9-10H2,1-2H3. The Morgan fingerprint density at radius 1 is 1.15 bits per heavy atom. The van der Waals surface area contributed by atoms with Crippen LogP contribution >= 0.6 is 22.6 Å². The lowest BCUT2D eigenvalue weighted by atomic mass is 9.95. The molecule has 1 aliphatic rings. The van der Waals surface area contributed by atoms with Crippen LogP contribution in [0.5, 0.6) is 5.75 Å². The van der Waals surface area contributed by atoms with E-state index in [1.165, 1.54) is 25.8 Å². The van der Waals surface area contributed by atoms with E-state index < -0.39 is 0 Å². The van der Waals surface area contributed by atoms with E-state index in [2.05, 4.69) is 71.2 Å². The molecule has 1 heterocycles. The van der Waals surface area contributed by atoms with Gasteiger partial charge in [0.1, 0.15) is 5.75 Å². The molecular formula is C17H18INO. The van der Waals surface area contributed by atoms with Gasteiger partial charge in [-0.3, -0.25) is 0 Å². The molecule has 0 fully saturated rings. The molecule has 0 spiro atoms. The molecule has 0 saturated heterocycles. The summed E-state index contributed by atoms with van der Waals surface area (Å²) in [7, 11) is 2.01. The minimum Gasteiger partial charge on any atom is -0.493 e. The lowest BCUT2D eigenvalue weighted by Gasteiger charge is -2.21. The SMILES string of the molecule is CNC(c1cccc(C)c1I)c1cccc2c1OCC2. The van der Waals surface area contributed by atoms with Crippen molar-refractivity contribution in [2.45, 2.75) is 19.4 Å². The number of rotatable bonds is 3. The Bertz CT molecular complexity index is 639. The van der Waals surface area contributed by atoms with Crippen molar-refractivity contribution in [3.8, 4) is 5.75 Å². The molecule has 1 atom stereocenters. The van der Waals surface area contributed by atoms with E-state index in [1.807, 2.05) is 7.05 Å². The quantitative estimate of drug-likeness (QED) is 0.819. The average Bonchev–Trinajstić information content (AvgIpc) is 2.93. The fraction of sp³-hybridized carbons (Fsp3) is 0.294. The summed E-state index contributed by atoms with van der Waals surface area (Å²) < 4.78 is 7.18. The Kier molecular flexibility index (Phi) is 3.98. The number of aryl methyl sites for hydroxylation is 1. The zero-order chi connectivity index (χ0) is 14.1. The van der Waals surface area contributed by atoms with Crippen molar-refractivity contribution < 1.29 is 4.74 Å². The number of hydrogen-bond donors (Lipinski definition) is 1. The number of para-hydroxylation sites is 1. The van der Waals surface area contributed by atoms with Gasteiger partial charge in [-0.15, -0.1) is 0 Å². The van der Waals surface area contributed by atoms with Gasteiger partial charge in [-0.1, -0.05) is 36.4 Å². The van der Waals surface area contributed by atoms with Crippen LogP contribution in [0.15, 0.2) is 36.4 Å². The second kappa shape index (κ2) is 5.74. The first-order chi connectivity index (χ1) is 9.72. The molecule has 0 aromatic heterocycles. The first-order valence-corrected chi connectivity index (χ1v) is 7.97. The molecule has 1 aliphatic heterocycles. The van der Waals surface area contributed by atoms with E-state index in [4.69, 9.17) is 4.74 Å². The molecule has 3 rings (SSSR count). The maximum absolute atomic E-state index is 5.86. The number of nitrogens with one attached hydrogen (secondary N) is 1. The van der Waals surface area contributed by atoms with Crippen molar-refractivity contribution in [1.82, 2.24) is 5.32 Å². The van der Waals surface area contributed by atoms with Gasteiger partial charge in [-0.25, -0.2) is 0 Å². The molecule has 20 heavy (non-hydrogen) atoms. The second-order valence-corrected chi connectivity index (χ2v) is 6.21.